The van der Waals surface area contributed by atoms with Crippen LogP contribution in [0.3, 0.4) is 0 Å². The zero-order valence-corrected chi connectivity index (χ0v) is 16.4. The van der Waals surface area contributed by atoms with Gasteiger partial charge in [0.25, 0.3) is 0 Å². The molecule has 26 heavy (non-hydrogen) atoms. The first-order chi connectivity index (χ1) is 12.1. The van der Waals surface area contributed by atoms with E-state index in [-0.39, 0.29) is 29.1 Å². The summed E-state index contributed by atoms with van der Waals surface area (Å²) in [5, 5.41) is 10.0. The summed E-state index contributed by atoms with van der Waals surface area (Å²) in [5.41, 5.74) is 7.26. The molecule has 0 rings (SSSR count). The maximum Gasteiger partial charge on any atom is 0.180 e. The largest absolute Gasteiger partial charge is 0.508 e. The zero-order chi connectivity index (χ0) is 20.3. The monoisotopic (exact) mass is 368 g/mol. The van der Waals surface area contributed by atoms with Crippen LogP contribution in [0.15, 0.2) is 63.3 Å². The Kier molecular flexibility index (Phi) is 11.0. The second-order valence-corrected chi connectivity index (χ2v) is 5.90. The Morgan fingerprint density at radius 2 is 1.85 bits per heavy atom. The Hall–Kier alpha value is -2.37. The first kappa shape index (κ1) is 23.6. The van der Waals surface area contributed by atoms with Gasteiger partial charge in [-0.15, -0.1) is 0 Å². The van der Waals surface area contributed by atoms with Gasteiger partial charge in [0.2, 0.25) is 0 Å². The maximum atomic E-state index is 14.2. The number of hydrogen-bond acceptors (Lipinski definition) is 4. The molecule has 3 N–H and O–H groups in total. The lowest BCUT2D eigenvalue weighted by Crippen LogP contribution is -2.11. The standard InChI is InChI=1S/C20H30F2N2O2/c1-7-19(22)14(5)18(11-17(25)9-13(3)4)20(23)10-16(21)12-24-15(6)26-8-2/h7,9-11,16,25H,8,12,23H2,1-6H3/b17-11+,18-14-,19-7+,20-10?,24-15?. The van der Waals surface area contributed by atoms with Crippen molar-refractivity contribution in [1.82, 2.24) is 0 Å². The second-order valence-electron chi connectivity index (χ2n) is 5.90. The fraction of sp³-hybridized carbons (Fsp3) is 0.450. The van der Waals surface area contributed by atoms with Gasteiger partial charge in [-0.3, -0.25) is 4.99 Å². The number of aliphatic hydroxyl groups is 1. The molecule has 0 aromatic carbocycles. The number of ether oxygens (including phenoxy) is 1. The number of allylic oxidation sites excluding steroid dienone is 6. The second kappa shape index (κ2) is 12.1. The van der Waals surface area contributed by atoms with Gasteiger partial charge in [0.15, 0.2) is 5.90 Å². The molecule has 1 unspecified atom stereocenters. The van der Waals surface area contributed by atoms with Gasteiger partial charge in [0.1, 0.15) is 17.8 Å². The van der Waals surface area contributed by atoms with Crippen molar-refractivity contribution in [2.75, 3.05) is 13.2 Å². The highest BCUT2D eigenvalue weighted by Crippen LogP contribution is 2.22. The normalized spacial score (nSPS) is 16.2. The number of halogens is 2. The van der Waals surface area contributed by atoms with Crippen LogP contribution in [0.2, 0.25) is 0 Å². The Morgan fingerprint density at radius 3 is 2.35 bits per heavy atom. The number of nitrogens with zero attached hydrogens (tertiary/aromatic N) is 1. The Morgan fingerprint density at radius 1 is 1.23 bits per heavy atom. The number of aliphatic imine (C=N–C) groups is 1. The van der Waals surface area contributed by atoms with Crippen molar-refractivity contribution in [2.45, 2.75) is 47.7 Å². The minimum atomic E-state index is -1.47. The molecule has 0 aromatic heterocycles. The lowest BCUT2D eigenvalue weighted by atomic mass is 10.0. The van der Waals surface area contributed by atoms with Crippen LogP contribution in [0.5, 0.6) is 0 Å². The molecule has 146 valence electrons. The molecule has 0 saturated heterocycles. The molecule has 0 saturated carbocycles. The van der Waals surface area contributed by atoms with Crippen LogP contribution < -0.4 is 5.73 Å². The average molecular weight is 368 g/mol. The third kappa shape index (κ3) is 9.20. The summed E-state index contributed by atoms with van der Waals surface area (Å²) in [4.78, 5) is 3.97. The van der Waals surface area contributed by atoms with Crippen molar-refractivity contribution < 1.29 is 18.6 Å². The van der Waals surface area contributed by atoms with Crippen LogP contribution in [-0.4, -0.2) is 30.3 Å². The van der Waals surface area contributed by atoms with Crippen molar-refractivity contribution in [2.24, 2.45) is 10.7 Å². The molecule has 0 radical (unpaired) electrons. The fourth-order valence-corrected chi connectivity index (χ4v) is 2.05. The highest BCUT2D eigenvalue weighted by molar-refractivity contribution is 5.73. The number of hydrogen-bond donors (Lipinski definition) is 2. The first-order valence-corrected chi connectivity index (χ1v) is 8.46. The summed E-state index contributed by atoms with van der Waals surface area (Å²) < 4.78 is 33.3. The van der Waals surface area contributed by atoms with Crippen LogP contribution in [-0.2, 0) is 4.74 Å². The number of rotatable bonds is 8. The Labute approximate surface area is 155 Å². The summed E-state index contributed by atoms with van der Waals surface area (Å²) in [6.07, 6.45) is 3.78. The summed E-state index contributed by atoms with van der Waals surface area (Å²) in [7, 11) is 0. The van der Waals surface area contributed by atoms with E-state index in [1.165, 1.54) is 25.2 Å². The molecule has 0 aliphatic carbocycles. The number of alkyl halides is 1. The van der Waals surface area contributed by atoms with Crippen LogP contribution >= 0.6 is 0 Å². The van der Waals surface area contributed by atoms with Crippen LogP contribution in [0.4, 0.5) is 8.78 Å². The third-order valence-electron chi connectivity index (χ3n) is 3.26. The van der Waals surface area contributed by atoms with E-state index in [0.717, 1.165) is 11.6 Å². The lowest BCUT2D eigenvalue weighted by molar-refractivity contribution is 0.319. The van der Waals surface area contributed by atoms with E-state index >= 15 is 0 Å². The molecule has 0 bridgehead atoms. The van der Waals surface area contributed by atoms with Gasteiger partial charge in [-0.2, -0.15) is 0 Å². The topological polar surface area (TPSA) is 67.8 Å². The average Bonchev–Trinajstić information content (AvgIpc) is 2.56. The van der Waals surface area contributed by atoms with Gasteiger partial charge in [-0.05, 0) is 58.4 Å². The highest BCUT2D eigenvalue weighted by atomic mass is 19.1. The van der Waals surface area contributed by atoms with Crippen molar-refractivity contribution >= 4 is 5.90 Å². The molecule has 0 aromatic rings. The van der Waals surface area contributed by atoms with Crippen molar-refractivity contribution in [3.05, 3.63) is 58.3 Å². The molecule has 0 fully saturated rings. The smallest absolute Gasteiger partial charge is 0.180 e. The predicted molar refractivity (Wildman–Crippen MR) is 104 cm³/mol. The predicted octanol–water partition coefficient (Wildman–Crippen LogP) is 5.22. The summed E-state index contributed by atoms with van der Waals surface area (Å²) in [6.45, 7) is 10.4. The van der Waals surface area contributed by atoms with Gasteiger partial charge in [-0.25, -0.2) is 8.78 Å². The quantitative estimate of drug-likeness (QED) is 0.267. The highest BCUT2D eigenvalue weighted by Gasteiger charge is 2.11. The molecule has 4 nitrogen and oxygen atoms in total. The Balaban J connectivity index is 5.77. The minimum absolute atomic E-state index is 0.0185. The van der Waals surface area contributed by atoms with Crippen LogP contribution in [0, 0.1) is 0 Å². The number of aliphatic hydroxyl groups excluding tert-OH is 1. The van der Waals surface area contributed by atoms with Gasteiger partial charge >= 0.3 is 0 Å². The van der Waals surface area contributed by atoms with E-state index in [9.17, 15) is 13.9 Å². The van der Waals surface area contributed by atoms with E-state index in [4.69, 9.17) is 10.5 Å². The molecule has 0 heterocycles. The van der Waals surface area contributed by atoms with Gasteiger partial charge in [0, 0.05) is 18.2 Å². The molecule has 6 heteroatoms. The van der Waals surface area contributed by atoms with Crippen LogP contribution in [0.1, 0.15) is 41.5 Å². The Bertz CT molecular complexity index is 653. The van der Waals surface area contributed by atoms with Gasteiger partial charge in [0.05, 0.1) is 13.2 Å². The maximum absolute atomic E-state index is 14.2. The molecular formula is C20H30F2N2O2. The van der Waals surface area contributed by atoms with E-state index in [1.54, 1.807) is 13.8 Å². The fourth-order valence-electron chi connectivity index (χ4n) is 2.05. The lowest BCUT2D eigenvalue weighted by Gasteiger charge is -2.10. The molecule has 0 spiro atoms. The van der Waals surface area contributed by atoms with Gasteiger partial charge in [-0.1, -0.05) is 11.6 Å². The number of nitrogens with two attached hydrogens (primary N) is 1. The summed E-state index contributed by atoms with van der Waals surface area (Å²) in [6, 6.07) is 0. The zero-order valence-electron chi connectivity index (χ0n) is 16.4. The van der Waals surface area contributed by atoms with E-state index < -0.39 is 12.0 Å². The van der Waals surface area contributed by atoms with E-state index in [1.807, 2.05) is 20.8 Å². The molecule has 0 amide bonds. The third-order valence-corrected chi connectivity index (χ3v) is 3.26. The van der Waals surface area contributed by atoms with Crippen molar-refractivity contribution in [3.63, 3.8) is 0 Å². The van der Waals surface area contributed by atoms with E-state index in [0.29, 0.717) is 12.5 Å². The van der Waals surface area contributed by atoms with Crippen molar-refractivity contribution in [1.29, 1.82) is 0 Å². The molecule has 0 aliphatic heterocycles. The molecule has 1 atom stereocenters. The summed E-state index contributed by atoms with van der Waals surface area (Å²) in [5.74, 6) is -0.214. The van der Waals surface area contributed by atoms with Crippen molar-refractivity contribution in [3.8, 4) is 0 Å². The minimum Gasteiger partial charge on any atom is -0.508 e. The van der Waals surface area contributed by atoms with E-state index in [2.05, 4.69) is 4.99 Å². The first-order valence-electron chi connectivity index (χ1n) is 8.46. The van der Waals surface area contributed by atoms with Gasteiger partial charge < -0.3 is 15.6 Å². The molecule has 0 aliphatic rings. The van der Waals surface area contributed by atoms with Crippen LogP contribution in [0.25, 0.3) is 0 Å². The molecular weight excluding hydrogens is 338 g/mol. The SMILES string of the molecule is C\C=C(F)/C(C)=C(/C=C(/O)C=C(C)C)C(N)=CC(F)CN=C(C)OCC. The summed E-state index contributed by atoms with van der Waals surface area (Å²) >= 11 is 0.